The molecule has 15 heavy (non-hydrogen) atoms. The Morgan fingerprint density at radius 1 is 1.27 bits per heavy atom. The zero-order chi connectivity index (χ0) is 10.8. The summed E-state index contributed by atoms with van der Waals surface area (Å²) in [6, 6.07) is 5.95. The molecule has 1 aromatic carbocycles. The zero-order valence-electron chi connectivity index (χ0n) is 7.56. The van der Waals surface area contributed by atoms with Crippen LogP contribution in [0.25, 0.3) is 0 Å². The maximum absolute atomic E-state index is 11.1. The van der Waals surface area contributed by atoms with Crippen LogP contribution in [-0.4, -0.2) is 16.9 Å². The van der Waals surface area contributed by atoms with E-state index in [1.54, 1.807) is 12.1 Å². The maximum Gasteiger partial charge on any atom is 0.294 e. The molecule has 0 unspecified atom stereocenters. The summed E-state index contributed by atoms with van der Waals surface area (Å²) in [4.78, 5) is 21.9. The van der Waals surface area contributed by atoms with E-state index in [0.717, 1.165) is 6.08 Å². The van der Waals surface area contributed by atoms with Crippen molar-refractivity contribution in [3.63, 3.8) is 0 Å². The van der Waals surface area contributed by atoms with Crippen molar-refractivity contribution in [3.8, 4) is 11.5 Å². The zero-order valence-corrected chi connectivity index (χ0v) is 7.56. The van der Waals surface area contributed by atoms with Crippen LogP contribution in [0.15, 0.2) is 36.1 Å². The fourth-order valence-corrected chi connectivity index (χ4v) is 1.14. The molecule has 5 nitrogen and oxygen atoms in total. The lowest BCUT2D eigenvalue weighted by molar-refractivity contribution is -0.124. The predicted molar refractivity (Wildman–Crippen MR) is 50.0 cm³/mol. The molecular weight excluding hydrogens is 198 g/mol. The van der Waals surface area contributed by atoms with E-state index in [9.17, 15) is 9.59 Å². The number of imide groups is 1. The average Bonchev–Trinajstić information content (AvgIpc) is 2.45. The summed E-state index contributed by atoms with van der Waals surface area (Å²) >= 11 is 0. The molecule has 0 bridgehead atoms. The molecule has 1 aromatic rings. The minimum Gasteiger partial charge on any atom is -0.508 e. The van der Waals surface area contributed by atoms with Crippen molar-refractivity contribution in [1.29, 1.82) is 0 Å². The molecule has 2 N–H and O–H groups in total. The smallest absolute Gasteiger partial charge is 0.294 e. The number of amides is 2. The highest BCUT2D eigenvalue weighted by Crippen LogP contribution is 2.20. The highest BCUT2D eigenvalue weighted by molar-refractivity contribution is 6.15. The first kappa shape index (κ1) is 9.26. The number of ether oxygens (including phenoxy) is 1. The Labute approximate surface area is 85.0 Å². The molecule has 0 spiro atoms. The third-order valence-corrected chi connectivity index (χ3v) is 1.77. The van der Waals surface area contributed by atoms with Crippen LogP contribution in [0.3, 0.4) is 0 Å². The lowest BCUT2D eigenvalue weighted by Crippen LogP contribution is -2.23. The number of hydrogen-bond donors (Lipinski definition) is 2. The van der Waals surface area contributed by atoms with Crippen LogP contribution in [0, 0.1) is 0 Å². The minimum atomic E-state index is -0.580. The molecule has 0 saturated carbocycles. The van der Waals surface area contributed by atoms with Gasteiger partial charge in [-0.3, -0.25) is 14.9 Å². The SMILES string of the molecule is O=C1C=C(Oc2cccc(O)c2)C(=O)N1. The fourth-order valence-electron chi connectivity index (χ4n) is 1.14. The topological polar surface area (TPSA) is 75.6 Å². The van der Waals surface area contributed by atoms with Crippen LogP contribution < -0.4 is 10.1 Å². The van der Waals surface area contributed by atoms with Crippen LogP contribution in [0.2, 0.25) is 0 Å². The Hall–Kier alpha value is -2.30. The van der Waals surface area contributed by atoms with E-state index in [-0.39, 0.29) is 11.5 Å². The fraction of sp³-hybridized carbons (Fsp3) is 0. The van der Waals surface area contributed by atoms with E-state index in [1.807, 2.05) is 5.32 Å². The molecule has 0 aliphatic carbocycles. The lowest BCUT2D eigenvalue weighted by atomic mass is 10.3. The van der Waals surface area contributed by atoms with Gasteiger partial charge in [-0.25, -0.2) is 0 Å². The first-order valence-corrected chi connectivity index (χ1v) is 4.19. The molecule has 0 radical (unpaired) electrons. The van der Waals surface area contributed by atoms with Crippen LogP contribution in [0.5, 0.6) is 11.5 Å². The third kappa shape index (κ3) is 1.96. The highest BCUT2D eigenvalue weighted by Gasteiger charge is 2.22. The molecule has 1 heterocycles. The number of hydrogen-bond acceptors (Lipinski definition) is 4. The molecule has 2 amide bonds. The van der Waals surface area contributed by atoms with Crippen LogP contribution in [-0.2, 0) is 9.59 Å². The number of aromatic hydroxyl groups is 1. The van der Waals surface area contributed by atoms with Crippen molar-refractivity contribution in [2.45, 2.75) is 0 Å². The maximum atomic E-state index is 11.1. The van der Waals surface area contributed by atoms with Gasteiger partial charge >= 0.3 is 0 Å². The van der Waals surface area contributed by atoms with Gasteiger partial charge in [0.25, 0.3) is 11.8 Å². The van der Waals surface area contributed by atoms with Gasteiger partial charge in [0, 0.05) is 6.07 Å². The molecular formula is C10H7NO4. The Morgan fingerprint density at radius 3 is 2.67 bits per heavy atom. The summed E-state index contributed by atoms with van der Waals surface area (Å²) in [6.45, 7) is 0. The average molecular weight is 205 g/mol. The Kier molecular flexibility index (Phi) is 2.13. The van der Waals surface area contributed by atoms with Crippen molar-refractivity contribution >= 4 is 11.8 Å². The molecule has 0 saturated heterocycles. The van der Waals surface area contributed by atoms with E-state index in [1.165, 1.54) is 12.1 Å². The highest BCUT2D eigenvalue weighted by atomic mass is 16.5. The lowest BCUT2D eigenvalue weighted by Gasteiger charge is -2.04. The molecule has 2 rings (SSSR count). The van der Waals surface area contributed by atoms with Gasteiger partial charge in [0.1, 0.15) is 11.5 Å². The number of nitrogens with one attached hydrogen (secondary N) is 1. The van der Waals surface area contributed by atoms with Gasteiger partial charge in [-0.2, -0.15) is 0 Å². The summed E-state index contributed by atoms with van der Waals surface area (Å²) in [5.74, 6) is -0.840. The van der Waals surface area contributed by atoms with Crippen LogP contribution >= 0.6 is 0 Å². The van der Waals surface area contributed by atoms with E-state index >= 15 is 0 Å². The van der Waals surface area contributed by atoms with Crippen LogP contribution in [0.1, 0.15) is 0 Å². The van der Waals surface area contributed by atoms with Gasteiger partial charge in [-0.1, -0.05) is 6.07 Å². The molecule has 0 fully saturated rings. The molecule has 0 aromatic heterocycles. The first-order chi connectivity index (χ1) is 7.15. The number of benzene rings is 1. The Morgan fingerprint density at radius 2 is 2.07 bits per heavy atom. The van der Waals surface area contributed by atoms with Crippen LogP contribution in [0.4, 0.5) is 0 Å². The van der Waals surface area contributed by atoms with E-state index < -0.39 is 11.8 Å². The van der Waals surface area contributed by atoms with Gasteiger partial charge in [0.2, 0.25) is 0 Å². The quantitative estimate of drug-likeness (QED) is 0.681. The second-order valence-corrected chi connectivity index (χ2v) is 2.93. The van der Waals surface area contributed by atoms with Gasteiger partial charge < -0.3 is 9.84 Å². The minimum absolute atomic E-state index is 0.0258. The normalized spacial score (nSPS) is 14.8. The predicted octanol–water partition coefficient (Wildman–Crippen LogP) is 0.311. The molecule has 76 valence electrons. The summed E-state index contributed by atoms with van der Waals surface area (Å²) in [7, 11) is 0. The number of rotatable bonds is 2. The largest absolute Gasteiger partial charge is 0.508 e. The number of carbonyl (C=O) groups is 2. The Bertz CT molecular complexity index is 464. The second kappa shape index (κ2) is 3.45. The summed E-state index contributed by atoms with van der Waals surface area (Å²) in [5.41, 5.74) is 0. The number of phenols is 1. The van der Waals surface area contributed by atoms with Gasteiger partial charge in [0.15, 0.2) is 5.76 Å². The van der Waals surface area contributed by atoms with Crippen molar-refractivity contribution in [2.75, 3.05) is 0 Å². The van der Waals surface area contributed by atoms with E-state index in [0.29, 0.717) is 5.75 Å². The molecule has 1 aliphatic heterocycles. The van der Waals surface area contributed by atoms with Gasteiger partial charge in [-0.15, -0.1) is 0 Å². The van der Waals surface area contributed by atoms with Crippen molar-refractivity contribution in [1.82, 2.24) is 5.32 Å². The van der Waals surface area contributed by atoms with Crippen molar-refractivity contribution < 1.29 is 19.4 Å². The standard InChI is InChI=1S/C10H7NO4/c12-6-2-1-3-7(4-6)15-8-5-9(13)11-10(8)14/h1-5,12H,(H,11,13,14). The van der Waals surface area contributed by atoms with Gasteiger partial charge in [0.05, 0.1) is 6.08 Å². The third-order valence-electron chi connectivity index (χ3n) is 1.77. The second-order valence-electron chi connectivity index (χ2n) is 2.93. The summed E-state index contributed by atoms with van der Waals surface area (Å²) in [6.07, 6.45) is 1.06. The van der Waals surface area contributed by atoms with Crippen molar-refractivity contribution in [2.24, 2.45) is 0 Å². The Balaban J connectivity index is 2.19. The number of carbonyl (C=O) groups excluding carboxylic acids is 2. The monoisotopic (exact) mass is 205 g/mol. The van der Waals surface area contributed by atoms with E-state index in [2.05, 4.69) is 0 Å². The van der Waals surface area contributed by atoms with E-state index in [4.69, 9.17) is 9.84 Å². The molecule has 5 heteroatoms. The number of phenolic OH excluding ortho intramolecular Hbond substituents is 1. The first-order valence-electron chi connectivity index (χ1n) is 4.19. The summed E-state index contributed by atoms with van der Waals surface area (Å²) in [5, 5.41) is 11.2. The van der Waals surface area contributed by atoms with Gasteiger partial charge in [-0.05, 0) is 12.1 Å². The summed E-state index contributed by atoms with van der Waals surface area (Å²) < 4.78 is 5.11. The molecule has 1 aliphatic rings. The molecule has 0 atom stereocenters. The van der Waals surface area contributed by atoms with Crippen molar-refractivity contribution in [3.05, 3.63) is 36.1 Å².